The Morgan fingerprint density at radius 2 is 1.95 bits per heavy atom. The van der Waals surface area contributed by atoms with Crippen LogP contribution < -0.4 is 0 Å². The van der Waals surface area contributed by atoms with Crippen molar-refractivity contribution in [3.8, 4) is 0 Å². The zero-order chi connectivity index (χ0) is 14.6. The van der Waals surface area contributed by atoms with Gasteiger partial charge in [-0.15, -0.1) is 0 Å². The van der Waals surface area contributed by atoms with Gasteiger partial charge in [0.1, 0.15) is 0 Å². The van der Waals surface area contributed by atoms with E-state index in [2.05, 4.69) is 4.90 Å². The van der Waals surface area contributed by atoms with Crippen LogP contribution in [0.5, 0.6) is 0 Å². The van der Waals surface area contributed by atoms with E-state index in [1.54, 1.807) is 25.3 Å². The third-order valence-corrected chi connectivity index (χ3v) is 5.51. The van der Waals surface area contributed by atoms with Crippen LogP contribution in [0.1, 0.15) is 0 Å². The summed E-state index contributed by atoms with van der Waals surface area (Å²) >= 11 is 5.87. The molecule has 1 aromatic carbocycles. The van der Waals surface area contributed by atoms with Gasteiger partial charge in [0.25, 0.3) is 0 Å². The van der Waals surface area contributed by atoms with E-state index < -0.39 is 10.0 Å². The van der Waals surface area contributed by atoms with Crippen molar-refractivity contribution in [2.45, 2.75) is 4.90 Å². The molecule has 0 unspecified atom stereocenters. The Hall–Kier alpha value is -0.660. The fourth-order valence-electron chi connectivity index (χ4n) is 2.19. The highest BCUT2D eigenvalue weighted by atomic mass is 35.5. The lowest BCUT2D eigenvalue weighted by atomic mass is 10.3. The van der Waals surface area contributed by atoms with E-state index in [1.807, 2.05) is 0 Å². The van der Waals surface area contributed by atoms with Crippen molar-refractivity contribution in [3.05, 3.63) is 29.3 Å². The summed E-state index contributed by atoms with van der Waals surface area (Å²) in [6.45, 7) is 3.95. The highest BCUT2D eigenvalue weighted by Crippen LogP contribution is 2.20. The normalized spacial score (nSPS) is 18.3. The van der Waals surface area contributed by atoms with Gasteiger partial charge in [-0.3, -0.25) is 4.90 Å². The van der Waals surface area contributed by atoms with Gasteiger partial charge < -0.3 is 4.74 Å². The Morgan fingerprint density at radius 3 is 2.55 bits per heavy atom. The van der Waals surface area contributed by atoms with Crippen molar-refractivity contribution in [2.75, 3.05) is 46.4 Å². The Balaban J connectivity index is 2.02. The summed E-state index contributed by atoms with van der Waals surface area (Å²) < 4.78 is 31.5. The average molecular weight is 319 g/mol. The molecule has 20 heavy (non-hydrogen) atoms. The Bertz CT molecular complexity index is 542. The molecule has 0 atom stereocenters. The summed E-state index contributed by atoms with van der Waals surface area (Å²) in [6, 6.07) is 6.40. The van der Waals surface area contributed by atoms with Crippen molar-refractivity contribution < 1.29 is 13.2 Å². The fourth-order valence-corrected chi connectivity index (χ4v) is 3.91. The minimum absolute atomic E-state index is 0.260. The van der Waals surface area contributed by atoms with Gasteiger partial charge in [-0.25, -0.2) is 8.42 Å². The van der Waals surface area contributed by atoms with Crippen LogP contribution in [-0.2, 0) is 14.8 Å². The molecule has 1 aliphatic heterocycles. The molecule has 0 aromatic heterocycles. The van der Waals surface area contributed by atoms with Crippen LogP contribution in [0.4, 0.5) is 0 Å². The Labute approximate surface area is 125 Å². The van der Waals surface area contributed by atoms with Gasteiger partial charge in [0.15, 0.2) is 0 Å². The number of nitrogens with zero attached hydrogens (tertiary/aromatic N) is 2. The minimum atomic E-state index is -3.44. The van der Waals surface area contributed by atoms with Gasteiger partial charge in [-0.1, -0.05) is 17.7 Å². The number of benzene rings is 1. The van der Waals surface area contributed by atoms with E-state index in [4.69, 9.17) is 16.3 Å². The number of rotatable bonds is 5. The maximum atomic E-state index is 12.5. The third-order valence-electron chi connectivity index (χ3n) is 3.38. The van der Waals surface area contributed by atoms with Crippen LogP contribution in [0.2, 0.25) is 5.02 Å². The summed E-state index contributed by atoms with van der Waals surface area (Å²) in [4.78, 5) is 2.46. The third kappa shape index (κ3) is 3.71. The molecule has 112 valence electrons. The quantitative estimate of drug-likeness (QED) is 0.821. The maximum Gasteiger partial charge on any atom is 0.243 e. The van der Waals surface area contributed by atoms with Crippen LogP contribution in [-0.4, -0.2) is 64.1 Å². The number of ether oxygens (including phenoxy) is 1. The second kappa shape index (κ2) is 6.87. The van der Waals surface area contributed by atoms with E-state index >= 15 is 0 Å². The first-order valence-electron chi connectivity index (χ1n) is 6.51. The molecule has 2 rings (SSSR count). The molecule has 1 aliphatic rings. The zero-order valence-electron chi connectivity index (χ0n) is 11.5. The first-order chi connectivity index (χ1) is 9.54. The lowest BCUT2D eigenvalue weighted by Crippen LogP contribution is -2.49. The monoisotopic (exact) mass is 318 g/mol. The largest absolute Gasteiger partial charge is 0.383 e. The molecule has 0 N–H and O–H groups in total. The first-order valence-corrected chi connectivity index (χ1v) is 8.33. The molecular formula is C13H19ClN2O3S. The molecule has 0 bridgehead atoms. The molecule has 0 spiro atoms. The maximum absolute atomic E-state index is 12.5. The predicted molar refractivity (Wildman–Crippen MR) is 78.5 cm³/mol. The topological polar surface area (TPSA) is 49.9 Å². The van der Waals surface area contributed by atoms with E-state index in [0.29, 0.717) is 24.7 Å². The molecule has 0 aliphatic carbocycles. The molecule has 1 saturated heterocycles. The summed E-state index contributed by atoms with van der Waals surface area (Å²) in [6.07, 6.45) is 0. The fraction of sp³-hybridized carbons (Fsp3) is 0.538. The second-order valence-electron chi connectivity index (χ2n) is 4.70. The Morgan fingerprint density at radius 1 is 1.25 bits per heavy atom. The van der Waals surface area contributed by atoms with Gasteiger partial charge >= 0.3 is 0 Å². The van der Waals surface area contributed by atoms with Crippen LogP contribution in [0.15, 0.2) is 29.2 Å². The Kier molecular flexibility index (Phi) is 5.40. The van der Waals surface area contributed by atoms with Gasteiger partial charge in [0.2, 0.25) is 10.0 Å². The average Bonchev–Trinajstić information content (AvgIpc) is 2.45. The van der Waals surface area contributed by atoms with E-state index in [9.17, 15) is 8.42 Å². The molecular weight excluding hydrogens is 300 g/mol. The zero-order valence-corrected chi connectivity index (χ0v) is 13.0. The summed E-state index contributed by atoms with van der Waals surface area (Å²) in [5.41, 5.74) is 0. The SMILES string of the molecule is COCCN1CCN(S(=O)(=O)c2cccc(Cl)c2)CC1. The van der Waals surface area contributed by atoms with E-state index in [1.165, 1.54) is 10.4 Å². The lowest BCUT2D eigenvalue weighted by molar-refractivity contribution is 0.123. The van der Waals surface area contributed by atoms with Crippen molar-refractivity contribution in [1.29, 1.82) is 0 Å². The van der Waals surface area contributed by atoms with Crippen molar-refractivity contribution >= 4 is 21.6 Å². The van der Waals surface area contributed by atoms with Crippen molar-refractivity contribution in [3.63, 3.8) is 0 Å². The van der Waals surface area contributed by atoms with E-state index in [0.717, 1.165) is 19.6 Å². The van der Waals surface area contributed by atoms with Crippen molar-refractivity contribution in [1.82, 2.24) is 9.21 Å². The first kappa shape index (κ1) is 15.7. The smallest absolute Gasteiger partial charge is 0.243 e. The molecule has 5 nitrogen and oxygen atoms in total. The second-order valence-corrected chi connectivity index (χ2v) is 7.07. The molecule has 1 aromatic rings. The summed E-state index contributed by atoms with van der Waals surface area (Å²) in [5, 5.41) is 0.435. The minimum Gasteiger partial charge on any atom is -0.383 e. The predicted octanol–water partition coefficient (Wildman–Crippen LogP) is 1.29. The molecule has 1 heterocycles. The standard InChI is InChI=1S/C13H19ClN2O3S/c1-19-10-9-15-5-7-16(8-6-15)20(17,18)13-4-2-3-12(14)11-13/h2-4,11H,5-10H2,1H3. The van der Waals surface area contributed by atoms with Crippen molar-refractivity contribution in [2.24, 2.45) is 0 Å². The van der Waals surface area contributed by atoms with Crippen LogP contribution >= 0.6 is 11.6 Å². The molecule has 0 radical (unpaired) electrons. The highest BCUT2D eigenvalue weighted by molar-refractivity contribution is 7.89. The lowest BCUT2D eigenvalue weighted by Gasteiger charge is -2.33. The van der Waals surface area contributed by atoms with Crippen LogP contribution in [0.25, 0.3) is 0 Å². The summed E-state index contributed by atoms with van der Waals surface area (Å²) in [5.74, 6) is 0. The van der Waals surface area contributed by atoms with Crippen LogP contribution in [0.3, 0.4) is 0 Å². The van der Waals surface area contributed by atoms with Gasteiger partial charge in [-0.2, -0.15) is 4.31 Å². The summed E-state index contributed by atoms with van der Waals surface area (Å²) in [7, 11) is -1.77. The number of halogens is 1. The van der Waals surface area contributed by atoms with Gasteiger partial charge in [0, 0.05) is 44.9 Å². The number of sulfonamides is 1. The molecule has 7 heteroatoms. The van der Waals surface area contributed by atoms with E-state index in [-0.39, 0.29) is 4.90 Å². The molecule has 0 amide bonds. The number of piperazine rings is 1. The molecule has 0 saturated carbocycles. The number of methoxy groups -OCH3 is 1. The highest BCUT2D eigenvalue weighted by Gasteiger charge is 2.28. The number of hydrogen-bond acceptors (Lipinski definition) is 4. The number of hydrogen-bond donors (Lipinski definition) is 0. The van der Waals surface area contributed by atoms with Gasteiger partial charge in [-0.05, 0) is 18.2 Å². The molecule has 1 fully saturated rings. The van der Waals surface area contributed by atoms with Crippen LogP contribution in [0, 0.1) is 0 Å². The van der Waals surface area contributed by atoms with Gasteiger partial charge in [0.05, 0.1) is 11.5 Å².